The molecule has 150 valence electrons. The van der Waals surface area contributed by atoms with Gasteiger partial charge in [-0.05, 0) is 13.8 Å². The summed E-state index contributed by atoms with van der Waals surface area (Å²) in [4.78, 5) is 36.8. The second kappa shape index (κ2) is 9.07. The molecular weight excluding hydrogens is 348 g/mol. The Morgan fingerprint density at radius 2 is 1.67 bits per heavy atom. The smallest absolute Gasteiger partial charge is 0.409 e. The molecule has 0 unspecified atom stereocenters. The van der Waals surface area contributed by atoms with Crippen LogP contribution in [0.15, 0.2) is 12.4 Å². The Labute approximate surface area is 160 Å². The second-order valence-electron chi connectivity index (χ2n) is 6.84. The van der Waals surface area contributed by atoms with Crippen LogP contribution in [0.3, 0.4) is 0 Å². The molecule has 0 aromatic carbocycles. The van der Waals surface area contributed by atoms with Crippen LogP contribution in [0.25, 0.3) is 0 Å². The van der Waals surface area contributed by atoms with Gasteiger partial charge in [0, 0.05) is 71.3 Å². The molecule has 9 heteroatoms. The number of hydrogen-bond acceptors (Lipinski definition) is 6. The molecule has 3 rings (SSSR count). The van der Waals surface area contributed by atoms with Crippen molar-refractivity contribution in [2.24, 2.45) is 0 Å². The molecular formula is C18H30N6O3. The van der Waals surface area contributed by atoms with Crippen LogP contribution in [-0.4, -0.2) is 102 Å². The number of nitrogens with zero attached hydrogens (tertiary/aromatic N) is 6. The van der Waals surface area contributed by atoms with E-state index in [0.717, 1.165) is 38.7 Å². The molecule has 27 heavy (non-hydrogen) atoms. The van der Waals surface area contributed by atoms with Gasteiger partial charge in [0.25, 0.3) is 0 Å². The van der Waals surface area contributed by atoms with Crippen LogP contribution in [0.4, 0.5) is 10.7 Å². The molecule has 0 saturated carbocycles. The number of piperazine rings is 2. The predicted octanol–water partition coefficient (Wildman–Crippen LogP) is 0.326. The Kier molecular flexibility index (Phi) is 6.54. The van der Waals surface area contributed by atoms with E-state index < -0.39 is 0 Å². The average molecular weight is 378 g/mol. The predicted molar refractivity (Wildman–Crippen MR) is 102 cm³/mol. The molecule has 1 aromatic heterocycles. The van der Waals surface area contributed by atoms with Crippen molar-refractivity contribution in [1.29, 1.82) is 0 Å². The fraction of sp³-hybridized carbons (Fsp3) is 0.722. The zero-order valence-corrected chi connectivity index (χ0v) is 16.3. The van der Waals surface area contributed by atoms with E-state index in [1.165, 1.54) is 0 Å². The van der Waals surface area contributed by atoms with Gasteiger partial charge < -0.3 is 24.0 Å². The average Bonchev–Trinajstić information content (AvgIpc) is 3.17. The molecule has 2 fully saturated rings. The molecule has 2 aliphatic rings. The lowest BCUT2D eigenvalue weighted by atomic mass is 10.3. The van der Waals surface area contributed by atoms with Gasteiger partial charge in [0.1, 0.15) is 0 Å². The zero-order valence-electron chi connectivity index (χ0n) is 16.3. The molecule has 0 atom stereocenters. The number of amides is 2. The topological polar surface area (TPSA) is 74.2 Å². The first-order valence-corrected chi connectivity index (χ1v) is 9.80. The molecule has 9 nitrogen and oxygen atoms in total. The first kappa shape index (κ1) is 19.5. The summed E-state index contributed by atoms with van der Waals surface area (Å²) < 4.78 is 7.16. The molecule has 0 bridgehead atoms. The van der Waals surface area contributed by atoms with Gasteiger partial charge >= 0.3 is 6.09 Å². The van der Waals surface area contributed by atoms with Gasteiger partial charge in [-0.25, -0.2) is 9.78 Å². The standard InChI is InChI=1S/C18H30N6O3/c1-3-21-6-5-19-17(21)23-9-7-20(8-10-23)15-16(25)22-11-13-24(14-12-22)18(26)27-4-2/h5-6H,3-4,7-15H2,1-2H3. The van der Waals surface area contributed by atoms with E-state index in [9.17, 15) is 9.59 Å². The lowest BCUT2D eigenvalue weighted by molar-refractivity contribution is -0.134. The number of ether oxygens (including phenoxy) is 1. The van der Waals surface area contributed by atoms with Gasteiger partial charge in [0.2, 0.25) is 11.9 Å². The summed E-state index contributed by atoms with van der Waals surface area (Å²) in [5.74, 6) is 1.15. The highest BCUT2D eigenvalue weighted by molar-refractivity contribution is 5.78. The van der Waals surface area contributed by atoms with Crippen molar-refractivity contribution in [2.45, 2.75) is 20.4 Å². The molecule has 0 aliphatic carbocycles. The minimum atomic E-state index is -0.286. The van der Waals surface area contributed by atoms with Crippen LogP contribution in [0.1, 0.15) is 13.8 Å². The monoisotopic (exact) mass is 378 g/mol. The fourth-order valence-corrected chi connectivity index (χ4v) is 3.58. The van der Waals surface area contributed by atoms with Crippen molar-refractivity contribution >= 4 is 17.9 Å². The highest BCUT2D eigenvalue weighted by atomic mass is 16.6. The number of rotatable bonds is 5. The first-order chi connectivity index (χ1) is 13.1. The number of imidazole rings is 1. The van der Waals surface area contributed by atoms with Crippen LogP contribution in [-0.2, 0) is 16.1 Å². The zero-order chi connectivity index (χ0) is 19.2. The number of carbonyl (C=O) groups excluding carboxylic acids is 2. The van der Waals surface area contributed by atoms with Gasteiger partial charge in [-0.3, -0.25) is 9.69 Å². The fourth-order valence-electron chi connectivity index (χ4n) is 3.58. The van der Waals surface area contributed by atoms with Gasteiger partial charge in [-0.1, -0.05) is 0 Å². The highest BCUT2D eigenvalue weighted by Crippen LogP contribution is 2.14. The van der Waals surface area contributed by atoms with E-state index in [-0.39, 0.29) is 12.0 Å². The third kappa shape index (κ3) is 4.71. The van der Waals surface area contributed by atoms with Crippen molar-refractivity contribution in [1.82, 2.24) is 24.3 Å². The summed E-state index contributed by atoms with van der Waals surface area (Å²) in [5, 5.41) is 0. The summed E-state index contributed by atoms with van der Waals surface area (Å²) in [5.41, 5.74) is 0. The Morgan fingerprint density at radius 1 is 1.00 bits per heavy atom. The Balaban J connectivity index is 1.42. The van der Waals surface area contributed by atoms with Gasteiger partial charge in [0.05, 0.1) is 13.2 Å². The first-order valence-electron chi connectivity index (χ1n) is 9.80. The van der Waals surface area contributed by atoms with E-state index in [1.807, 2.05) is 17.3 Å². The molecule has 3 heterocycles. The maximum atomic E-state index is 12.6. The summed E-state index contributed by atoms with van der Waals surface area (Å²) in [6, 6.07) is 0. The number of anilines is 1. The largest absolute Gasteiger partial charge is 0.450 e. The van der Waals surface area contributed by atoms with E-state index in [1.54, 1.807) is 11.8 Å². The highest BCUT2D eigenvalue weighted by Gasteiger charge is 2.27. The summed E-state index contributed by atoms with van der Waals surface area (Å²) >= 11 is 0. The molecule has 2 amide bonds. The quantitative estimate of drug-likeness (QED) is 0.735. The maximum absolute atomic E-state index is 12.6. The van der Waals surface area contributed by atoms with E-state index in [2.05, 4.69) is 26.3 Å². The number of aromatic nitrogens is 2. The van der Waals surface area contributed by atoms with E-state index in [0.29, 0.717) is 39.3 Å². The molecule has 1 aromatic rings. The molecule has 2 saturated heterocycles. The summed E-state index contributed by atoms with van der Waals surface area (Å²) in [6.45, 7) is 11.3. The van der Waals surface area contributed by atoms with Crippen molar-refractivity contribution in [3.63, 3.8) is 0 Å². The number of aryl methyl sites for hydroxylation is 1. The van der Waals surface area contributed by atoms with Crippen molar-refractivity contribution < 1.29 is 14.3 Å². The third-order valence-electron chi connectivity index (χ3n) is 5.21. The van der Waals surface area contributed by atoms with E-state index in [4.69, 9.17) is 4.74 Å². The number of hydrogen-bond donors (Lipinski definition) is 0. The summed E-state index contributed by atoms with van der Waals surface area (Å²) in [7, 11) is 0. The van der Waals surface area contributed by atoms with Crippen molar-refractivity contribution in [3.8, 4) is 0 Å². The normalized spacial score (nSPS) is 18.7. The van der Waals surface area contributed by atoms with Crippen LogP contribution in [0, 0.1) is 0 Å². The van der Waals surface area contributed by atoms with Gasteiger partial charge in [-0.2, -0.15) is 0 Å². The molecule has 0 radical (unpaired) electrons. The van der Waals surface area contributed by atoms with Crippen LogP contribution < -0.4 is 4.90 Å². The van der Waals surface area contributed by atoms with Crippen molar-refractivity contribution in [2.75, 3.05) is 70.4 Å². The third-order valence-corrected chi connectivity index (χ3v) is 5.21. The van der Waals surface area contributed by atoms with Crippen LogP contribution in [0.2, 0.25) is 0 Å². The lowest BCUT2D eigenvalue weighted by Gasteiger charge is -2.38. The lowest BCUT2D eigenvalue weighted by Crippen LogP contribution is -2.54. The summed E-state index contributed by atoms with van der Waals surface area (Å²) in [6.07, 6.45) is 3.55. The molecule has 2 aliphatic heterocycles. The molecule has 0 spiro atoms. The van der Waals surface area contributed by atoms with Gasteiger partial charge in [0.15, 0.2) is 0 Å². The second-order valence-corrected chi connectivity index (χ2v) is 6.84. The minimum absolute atomic E-state index is 0.141. The van der Waals surface area contributed by atoms with Gasteiger partial charge in [-0.15, -0.1) is 0 Å². The maximum Gasteiger partial charge on any atom is 0.409 e. The van der Waals surface area contributed by atoms with Crippen LogP contribution >= 0.6 is 0 Å². The number of carbonyl (C=O) groups is 2. The van der Waals surface area contributed by atoms with E-state index >= 15 is 0 Å². The minimum Gasteiger partial charge on any atom is -0.450 e. The Hall–Kier alpha value is -2.29. The van der Waals surface area contributed by atoms with Crippen LogP contribution in [0.5, 0.6) is 0 Å². The SMILES string of the molecule is CCOC(=O)N1CCN(C(=O)CN2CCN(c3nccn3CC)CC2)CC1. The Morgan fingerprint density at radius 3 is 2.30 bits per heavy atom. The Bertz CT molecular complexity index is 633. The molecule has 0 N–H and O–H groups in total. The van der Waals surface area contributed by atoms with Crippen molar-refractivity contribution in [3.05, 3.63) is 12.4 Å².